The maximum absolute atomic E-state index is 12.0. The predicted octanol–water partition coefficient (Wildman–Crippen LogP) is 0.914. The van der Waals surface area contributed by atoms with Crippen molar-refractivity contribution in [3.63, 3.8) is 0 Å². The van der Waals surface area contributed by atoms with Gasteiger partial charge in [0.25, 0.3) is 0 Å². The Morgan fingerprint density at radius 3 is 2.35 bits per heavy atom. The summed E-state index contributed by atoms with van der Waals surface area (Å²) in [4.78, 5) is 24.7. The fourth-order valence-corrected chi connectivity index (χ4v) is 1.48. The highest BCUT2D eigenvalue weighted by atomic mass is 16.5. The molecule has 0 rings (SSSR count). The van der Waals surface area contributed by atoms with Crippen LogP contribution in [0.2, 0.25) is 0 Å². The number of amides is 1. The molecule has 0 radical (unpaired) electrons. The van der Waals surface area contributed by atoms with Crippen LogP contribution in [0.15, 0.2) is 0 Å². The molecule has 17 heavy (non-hydrogen) atoms. The van der Waals surface area contributed by atoms with Crippen LogP contribution in [0.1, 0.15) is 40.0 Å². The molecule has 0 aromatic heterocycles. The van der Waals surface area contributed by atoms with Gasteiger partial charge in [0.05, 0.1) is 13.2 Å². The standard InChI is InChI=1S/C12H24N2O3/c1-5-6-7-10(13)12(16)14(9(2)3)8-11(15)17-4/h9-10H,5-8,13H2,1-4H3. The summed E-state index contributed by atoms with van der Waals surface area (Å²) in [6.45, 7) is 5.72. The first kappa shape index (κ1) is 15.9. The molecule has 1 unspecified atom stereocenters. The van der Waals surface area contributed by atoms with E-state index >= 15 is 0 Å². The van der Waals surface area contributed by atoms with E-state index in [2.05, 4.69) is 4.74 Å². The molecule has 0 heterocycles. The number of hydrogen-bond acceptors (Lipinski definition) is 4. The van der Waals surface area contributed by atoms with Gasteiger partial charge >= 0.3 is 5.97 Å². The Hall–Kier alpha value is -1.10. The summed E-state index contributed by atoms with van der Waals surface area (Å²) in [5.74, 6) is -0.603. The van der Waals surface area contributed by atoms with Crippen LogP contribution < -0.4 is 5.73 Å². The van der Waals surface area contributed by atoms with Crippen LogP contribution in [0.4, 0.5) is 0 Å². The lowest BCUT2D eigenvalue weighted by atomic mass is 10.1. The Kier molecular flexibility index (Phi) is 7.54. The van der Waals surface area contributed by atoms with Gasteiger partial charge in [-0.3, -0.25) is 9.59 Å². The molecule has 1 atom stereocenters. The number of esters is 1. The minimum absolute atomic E-state index is 0.0349. The molecule has 5 heteroatoms. The molecule has 0 aromatic carbocycles. The third kappa shape index (κ3) is 5.68. The Morgan fingerprint density at radius 2 is 1.94 bits per heavy atom. The third-order valence-corrected chi connectivity index (χ3v) is 2.62. The van der Waals surface area contributed by atoms with Crippen LogP contribution in [0.3, 0.4) is 0 Å². The van der Waals surface area contributed by atoms with E-state index in [4.69, 9.17) is 5.73 Å². The van der Waals surface area contributed by atoms with Crippen molar-refractivity contribution in [1.29, 1.82) is 0 Å². The Bertz CT molecular complexity index is 254. The summed E-state index contributed by atoms with van der Waals surface area (Å²) in [6.07, 6.45) is 2.57. The molecular weight excluding hydrogens is 220 g/mol. The largest absolute Gasteiger partial charge is 0.468 e. The van der Waals surface area contributed by atoms with Crippen molar-refractivity contribution >= 4 is 11.9 Å². The summed E-state index contributed by atoms with van der Waals surface area (Å²) in [5, 5.41) is 0. The lowest BCUT2D eigenvalue weighted by Gasteiger charge is -2.28. The molecule has 0 aliphatic heterocycles. The topological polar surface area (TPSA) is 72.6 Å². The zero-order valence-corrected chi connectivity index (χ0v) is 11.2. The number of hydrogen-bond donors (Lipinski definition) is 1. The van der Waals surface area contributed by atoms with Crippen LogP contribution in [0.25, 0.3) is 0 Å². The number of unbranched alkanes of at least 4 members (excludes halogenated alkanes) is 1. The van der Waals surface area contributed by atoms with Gasteiger partial charge in [-0.1, -0.05) is 19.8 Å². The van der Waals surface area contributed by atoms with Gasteiger partial charge in [0.1, 0.15) is 6.54 Å². The fourth-order valence-electron chi connectivity index (χ4n) is 1.48. The first-order valence-electron chi connectivity index (χ1n) is 6.06. The highest BCUT2D eigenvalue weighted by molar-refractivity contribution is 5.85. The molecule has 100 valence electrons. The van der Waals surface area contributed by atoms with E-state index in [-0.39, 0.29) is 18.5 Å². The monoisotopic (exact) mass is 244 g/mol. The van der Waals surface area contributed by atoms with Crippen molar-refractivity contribution in [3.8, 4) is 0 Å². The fraction of sp³-hybridized carbons (Fsp3) is 0.833. The quantitative estimate of drug-likeness (QED) is 0.676. The number of carbonyl (C=O) groups excluding carboxylic acids is 2. The van der Waals surface area contributed by atoms with Crippen molar-refractivity contribution in [2.24, 2.45) is 5.73 Å². The lowest BCUT2D eigenvalue weighted by Crippen LogP contribution is -2.49. The second kappa shape index (κ2) is 8.06. The number of nitrogens with zero attached hydrogens (tertiary/aromatic N) is 1. The molecule has 1 amide bonds. The van der Waals surface area contributed by atoms with Crippen molar-refractivity contribution in [2.45, 2.75) is 52.1 Å². The predicted molar refractivity (Wildman–Crippen MR) is 66.4 cm³/mol. The zero-order valence-electron chi connectivity index (χ0n) is 11.2. The maximum atomic E-state index is 12.0. The first-order chi connectivity index (χ1) is 7.93. The molecule has 0 fully saturated rings. The van der Waals surface area contributed by atoms with Crippen LogP contribution >= 0.6 is 0 Å². The minimum Gasteiger partial charge on any atom is -0.468 e. The van der Waals surface area contributed by atoms with Crippen molar-refractivity contribution < 1.29 is 14.3 Å². The molecule has 0 aliphatic carbocycles. The van der Waals surface area contributed by atoms with E-state index < -0.39 is 12.0 Å². The molecule has 2 N–H and O–H groups in total. The third-order valence-electron chi connectivity index (χ3n) is 2.62. The molecule has 0 spiro atoms. The van der Waals surface area contributed by atoms with Crippen LogP contribution in [0, 0.1) is 0 Å². The second-order valence-corrected chi connectivity index (χ2v) is 4.38. The summed E-state index contributed by atoms with van der Waals surface area (Å²) >= 11 is 0. The average molecular weight is 244 g/mol. The SMILES string of the molecule is CCCCC(N)C(=O)N(CC(=O)OC)C(C)C. The van der Waals surface area contributed by atoms with Crippen LogP contribution in [-0.4, -0.2) is 42.5 Å². The van der Waals surface area contributed by atoms with Gasteiger partial charge in [0, 0.05) is 6.04 Å². The van der Waals surface area contributed by atoms with Crippen LogP contribution in [0.5, 0.6) is 0 Å². The number of ether oxygens (including phenoxy) is 1. The van der Waals surface area contributed by atoms with E-state index in [1.807, 2.05) is 20.8 Å². The van der Waals surface area contributed by atoms with Crippen molar-refractivity contribution in [3.05, 3.63) is 0 Å². The highest BCUT2D eigenvalue weighted by Gasteiger charge is 2.25. The van der Waals surface area contributed by atoms with Gasteiger partial charge in [-0.15, -0.1) is 0 Å². The molecule has 0 aliphatic rings. The number of carbonyl (C=O) groups is 2. The first-order valence-corrected chi connectivity index (χ1v) is 6.06. The van der Waals surface area contributed by atoms with E-state index in [9.17, 15) is 9.59 Å². The van der Waals surface area contributed by atoms with Gasteiger partial charge in [-0.05, 0) is 20.3 Å². The number of nitrogens with two attached hydrogens (primary N) is 1. The molecular formula is C12H24N2O3. The molecule has 0 aromatic rings. The maximum Gasteiger partial charge on any atom is 0.325 e. The Balaban J connectivity index is 4.48. The summed E-state index contributed by atoms with van der Waals surface area (Å²) in [5.41, 5.74) is 5.82. The van der Waals surface area contributed by atoms with E-state index in [1.165, 1.54) is 12.0 Å². The summed E-state index contributed by atoms with van der Waals surface area (Å²) in [7, 11) is 1.31. The van der Waals surface area contributed by atoms with E-state index in [1.54, 1.807) is 0 Å². The van der Waals surface area contributed by atoms with E-state index in [0.717, 1.165) is 12.8 Å². The smallest absolute Gasteiger partial charge is 0.325 e. The second-order valence-electron chi connectivity index (χ2n) is 4.38. The molecule has 0 saturated heterocycles. The highest BCUT2D eigenvalue weighted by Crippen LogP contribution is 2.06. The lowest BCUT2D eigenvalue weighted by molar-refractivity contribution is -0.148. The molecule has 0 bridgehead atoms. The van der Waals surface area contributed by atoms with Gasteiger partial charge in [-0.2, -0.15) is 0 Å². The van der Waals surface area contributed by atoms with E-state index in [0.29, 0.717) is 6.42 Å². The number of methoxy groups -OCH3 is 1. The van der Waals surface area contributed by atoms with Crippen molar-refractivity contribution in [1.82, 2.24) is 4.90 Å². The normalized spacial score (nSPS) is 12.4. The number of rotatable bonds is 7. The summed E-state index contributed by atoms with van der Waals surface area (Å²) < 4.78 is 4.57. The Labute approximate surface area is 103 Å². The zero-order chi connectivity index (χ0) is 13.4. The van der Waals surface area contributed by atoms with Gasteiger partial charge in [0.15, 0.2) is 0 Å². The molecule has 0 saturated carbocycles. The summed E-state index contributed by atoms with van der Waals surface area (Å²) in [6, 6.07) is -0.587. The van der Waals surface area contributed by atoms with Gasteiger partial charge in [-0.25, -0.2) is 0 Å². The van der Waals surface area contributed by atoms with Crippen molar-refractivity contribution in [2.75, 3.05) is 13.7 Å². The van der Waals surface area contributed by atoms with Crippen LogP contribution in [-0.2, 0) is 14.3 Å². The average Bonchev–Trinajstić information content (AvgIpc) is 2.31. The molecule has 5 nitrogen and oxygen atoms in total. The Morgan fingerprint density at radius 1 is 1.35 bits per heavy atom. The van der Waals surface area contributed by atoms with Gasteiger partial charge in [0.2, 0.25) is 5.91 Å². The van der Waals surface area contributed by atoms with Gasteiger partial charge < -0.3 is 15.4 Å². The minimum atomic E-state index is -0.526.